The normalized spacial score (nSPS) is 10.1. The molecule has 0 aliphatic carbocycles. The maximum absolute atomic E-state index is 12.0. The van der Waals surface area contributed by atoms with Crippen LogP contribution in [0.15, 0.2) is 36.4 Å². The van der Waals surface area contributed by atoms with E-state index in [4.69, 9.17) is 18.9 Å². The van der Waals surface area contributed by atoms with E-state index in [-0.39, 0.29) is 6.61 Å². The number of carbonyl (C=O) groups excluding carboxylic acids is 2. The molecule has 0 aliphatic rings. The molecule has 1 amide bonds. The van der Waals surface area contributed by atoms with Gasteiger partial charge in [-0.05, 0) is 43.2 Å². The summed E-state index contributed by atoms with van der Waals surface area (Å²) in [6.07, 6.45) is 0. The van der Waals surface area contributed by atoms with Crippen LogP contribution in [-0.4, -0.2) is 39.3 Å². The first kappa shape index (κ1) is 20.1. The Balaban J connectivity index is 1.83. The second-order valence-corrected chi connectivity index (χ2v) is 5.83. The summed E-state index contributed by atoms with van der Waals surface area (Å²) in [5, 5.41) is 2.62. The first-order chi connectivity index (χ1) is 12.9. The molecule has 0 unspecified atom stereocenters. The van der Waals surface area contributed by atoms with Crippen molar-refractivity contribution >= 4 is 17.6 Å². The highest BCUT2D eigenvalue weighted by molar-refractivity contribution is 5.94. The number of esters is 1. The van der Waals surface area contributed by atoms with Crippen LogP contribution in [0.4, 0.5) is 5.69 Å². The standard InChI is InChI=1S/C20H23NO6/c1-13-5-6-14(2)17(9-13)26-12-20(23)27-11-19(22)21-16-8-7-15(24-3)10-18(16)25-4/h5-10H,11-12H2,1-4H3,(H,21,22). The molecule has 1 N–H and O–H groups in total. The van der Waals surface area contributed by atoms with Crippen LogP contribution in [-0.2, 0) is 14.3 Å². The molecular weight excluding hydrogens is 350 g/mol. The molecule has 0 saturated heterocycles. The zero-order chi connectivity index (χ0) is 19.8. The van der Waals surface area contributed by atoms with Crippen LogP contribution in [0.2, 0.25) is 0 Å². The smallest absolute Gasteiger partial charge is 0.344 e. The third-order valence-electron chi connectivity index (χ3n) is 3.74. The number of aryl methyl sites for hydroxylation is 2. The lowest BCUT2D eigenvalue weighted by molar-refractivity contribution is -0.149. The molecule has 7 nitrogen and oxygen atoms in total. The van der Waals surface area contributed by atoms with E-state index in [0.29, 0.717) is 22.9 Å². The Hall–Kier alpha value is -3.22. The van der Waals surface area contributed by atoms with E-state index in [0.717, 1.165) is 11.1 Å². The van der Waals surface area contributed by atoms with Gasteiger partial charge in [0.1, 0.15) is 17.2 Å². The number of ether oxygens (including phenoxy) is 4. The maximum Gasteiger partial charge on any atom is 0.344 e. The van der Waals surface area contributed by atoms with Gasteiger partial charge in [0, 0.05) is 6.07 Å². The molecule has 2 rings (SSSR count). The minimum atomic E-state index is -0.632. The monoisotopic (exact) mass is 373 g/mol. The number of amides is 1. The molecule has 0 radical (unpaired) electrons. The fourth-order valence-electron chi connectivity index (χ4n) is 2.28. The molecule has 0 aliphatic heterocycles. The molecule has 27 heavy (non-hydrogen) atoms. The van der Waals surface area contributed by atoms with Crippen LogP contribution in [0.1, 0.15) is 11.1 Å². The second kappa shape index (κ2) is 9.47. The molecule has 0 heterocycles. The van der Waals surface area contributed by atoms with Crippen molar-refractivity contribution in [2.75, 3.05) is 32.8 Å². The lowest BCUT2D eigenvalue weighted by Gasteiger charge is -2.12. The number of nitrogens with one attached hydrogen (secondary N) is 1. The molecule has 0 fully saturated rings. The van der Waals surface area contributed by atoms with Crippen molar-refractivity contribution in [3.05, 3.63) is 47.5 Å². The Bertz CT molecular complexity index is 818. The van der Waals surface area contributed by atoms with Crippen LogP contribution < -0.4 is 19.5 Å². The zero-order valence-electron chi connectivity index (χ0n) is 15.8. The van der Waals surface area contributed by atoms with Crippen molar-refractivity contribution in [3.8, 4) is 17.2 Å². The predicted octanol–water partition coefficient (Wildman–Crippen LogP) is 2.88. The minimum absolute atomic E-state index is 0.274. The second-order valence-electron chi connectivity index (χ2n) is 5.83. The average Bonchev–Trinajstić information content (AvgIpc) is 2.67. The third kappa shape index (κ3) is 5.91. The summed E-state index contributed by atoms with van der Waals surface area (Å²) in [6.45, 7) is 3.12. The van der Waals surface area contributed by atoms with E-state index in [1.54, 1.807) is 18.2 Å². The van der Waals surface area contributed by atoms with Gasteiger partial charge in [0.15, 0.2) is 13.2 Å². The Labute approximate surface area is 158 Å². The average molecular weight is 373 g/mol. The Kier molecular flexibility index (Phi) is 7.05. The molecule has 0 atom stereocenters. The molecule has 2 aromatic rings. The van der Waals surface area contributed by atoms with Crippen molar-refractivity contribution < 1.29 is 28.5 Å². The van der Waals surface area contributed by atoms with E-state index in [1.165, 1.54) is 14.2 Å². The van der Waals surface area contributed by atoms with Crippen LogP contribution in [0.3, 0.4) is 0 Å². The van der Waals surface area contributed by atoms with E-state index in [9.17, 15) is 9.59 Å². The number of rotatable bonds is 8. The van der Waals surface area contributed by atoms with E-state index < -0.39 is 18.5 Å². The van der Waals surface area contributed by atoms with Gasteiger partial charge in [0.25, 0.3) is 5.91 Å². The number of hydrogen-bond donors (Lipinski definition) is 1. The summed E-state index contributed by atoms with van der Waals surface area (Å²) in [6, 6.07) is 10.7. The van der Waals surface area contributed by atoms with Gasteiger partial charge in [-0.15, -0.1) is 0 Å². The summed E-state index contributed by atoms with van der Waals surface area (Å²) < 4.78 is 20.7. The number of carbonyl (C=O) groups is 2. The molecule has 0 spiro atoms. The van der Waals surface area contributed by atoms with Gasteiger partial charge < -0.3 is 24.3 Å². The number of hydrogen-bond acceptors (Lipinski definition) is 6. The van der Waals surface area contributed by atoms with Gasteiger partial charge in [-0.25, -0.2) is 4.79 Å². The van der Waals surface area contributed by atoms with Crippen molar-refractivity contribution in [1.82, 2.24) is 0 Å². The summed E-state index contributed by atoms with van der Waals surface area (Å²) in [5.41, 5.74) is 2.39. The topological polar surface area (TPSA) is 83.1 Å². The van der Waals surface area contributed by atoms with Crippen LogP contribution in [0, 0.1) is 13.8 Å². The van der Waals surface area contributed by atoms with Gasteiger partial charge in [-0.1, -0.05) is 12.1 Å². The van der Waals surface area contributed by atoms with Gasteiger partial charge in [0.2, 0.25) is 0 Å². The molecule has 2 aromatic carbocycles. The molecule has 0 saturated carbocycles. The zero-order valence-corrected chi connectivity index (χ0v) is 15.8. The predicted molar refractivity (Wildman–Crippen MR) is 101 cm³/mol. The fourth-order valence-corrected chi connectivity index (χ4v) is 2.28. The number of anilines is 1. The van der Waals surface area contributed by atoms with Gasteiger partial charge in [-0.2, -0.15) is 0 Å². The van der Waals surface area contributed by atoms with Gasteiger partial charge >= 0.3 is 5.97 Å². The quantitative estimate of drug-likeness (QED) is 0.717. The maximum atomic E-state index is 12.0. The van der Waals surface area contributed by atoms with E-state index >= 15 is 0 Å². The summed E-state index contributed by atoms with van der Waals surface area (Å²) in [7, 11) is 3.02. The Morgan fingerprint density at radius 3 is 2.41 bits per heavy atom. The van der Waals surface area contributed by atoms with Gasteiger partial charge in [-0.3, -0.25) is 4.79 Å². The van der Waals surface area contributed by atoms with E-state index in [1.807, 2.05) is 32.0 Å². The minimum Gasteiger partial charge on any atom is -0.497 e. The van der Waals surface area contributed by atoms with Crippen molar-refractivity contribution in [1.29, 1.82) is 0 Å². The molecule has 7 heteroatoms. The lowest BCUT2D eigenvalue weighted by atomic mass is 10.1. The summed E-state index contributed by atoms with van der Waals surface area (Å²) in [5.74, 6) is 0.526. The van der Waals surface area contributed by atoms with Crippen LogP contribution >= 0.6 is 0 Å². The summed E-state index contributed by atoms with van der Waals surface area (Å²) in [4.78, 5) is 23.8. The third-order valence-corrected chi connectivity index (χ3v) is 3.74. The highest BCUT2D eigenvalue weighted by Crippen LogP contribution is 2.28. The number of benzene rings is 2. The fraction of sp³-hybridized carbons (Fsp3) is 0.300. The highest BCUT2D eigenvalue weighted by atomic mass is 16.6. The molecule has 0 aromatic heterocycles. The Morgan fingerprint density at radius 2 is 1.70 bits per heavy atom. The van der Waals surface area contributed by atoms with Crippen molar-refractivity contribution in [2.24, 2.45) is 0 Å². The summed E-state index contributed by atoms with van der Waals surface area (Å²) >= 11 is 0. The molecule has 0 bridgehead atoms. The largest absolute Gasteiger partial charge is 0.497 e. The van der Waals surface area contributed by atoms with Gasteiger partial charge in [0.05, 0.1) is 19.9 Å². The first-order valence-corrected chi connectivity index (χ1v) is 8.30. The highest BCUT2D eigenvalue weighted by Gasteiger charge is 2.12. The van der Waals surface area contributed by atoms with Crippen molar-refractivity contribution in [3.63, 3.8) is 0 Å². The first-order valence-electron chi connectivity index (χ1n) is 8.30. The number of methoxy groups -OCH3 is 2. The Morgan fingerprint density at radius 1 is 0.926 bits per heavy atom. The molecular formula is C20H23NO6. The van der Waals surface area contributed by atoms with Crippen molar-refractivity contribution in [2.45, 2.75) is 13.8 Å². The molecule has 144 valence electrons. The van der Waals surface area contributed by atoms with Crippen LogP contribution in [0.5, 0.6) is 17.2 Å². The van der Waals surface area contributed by atoms with E-state index in [2.05, 4.69) is 5.32 Å². The lowest BCUT2D eigenvalue weighted by Crippen LogP contribution is -2.24. The van der Waals surface area contributed by atoms with Crippen LogP contribution in [0.25, 0.3) is 0 Å². The SMILES string of the molecule is COc1ccc(NC(=O)COC(=O)COc2cc(C)ccc2C)c(OC)c1.